The zero-order valence-corrected chi connectivity index (χ0v) is 20.6. The van der Waals surface area contributed by atoms with Crippen LogP contribution in [0.4, 0.5) is 0 Å². The van der Waals surface area contributed by atoms with Crippen LogP contribution < -0.4 is 0 Å². The number of H-pyrrole nitrogens is 1. The quantitative estimate of drug-likeness (QED) is 0.304. The lowest BCUT2D eigenvalue weighted by molar-refractivity contribution is -0.181. The van der Waals surface area contributed by atoms with Gasteiger partial charge in [-0.05, 0) is 27.2 Å². The summed E-state index contributed by atoms with van der Waals surface area (Å²) in [6.45, 7) is 0. The first kappa shape index (κ1) is 21.8. The lowest BCUT2D eigenvalue weighted by atomic mass is 9.85. The summed E-state index contributed by atoms with van der Waals surface area (Å²) < 4.78 is 14.9. The third-order valence-corrected chi connectivity index (χ3v) is 8.04. The van der Waals surface area contributed by atoms with Gasteiger partial charge in [0.25, 0.3) is 0 Å². The Balaban J connectivity index is 1.31. The third-order valence-electron chi connectivity index (χ3n) is 7.16. The maximum atomic E-state index is 6.87. The van der Waals surface area contributed by atoms with Crippen molar-refractivity contribution < 1.29 is 9.47 Å². The van der Waals surface area contributed by atoms with Crippen LogP contribution in [0.25, 0.3) is 10.9 Å². The average molecular weight is 514 g/mol. The highest BCUT2D eigenvalue weighted by atomic mass is 79.9. The minimum absolute atomic E-state index is 0.0106. The molecule has 1 saturated heterocycles. The Kier molecular flexibility index (Phi) is 5.90. The van der Waals surface area contributed by atoms with Gasteiger partial charge in [0.1, 0.15) is 0 Å². The molecular weight excluding hydrogens is 486 g/mol. The van der Waals surface area contributed by atoms with Crippen LogP contribution in [0.15, 0.2) is 102 Å². The average Bonchev–Trinajstić information content (AvgIpc) is 3.44. The van der Waals surface area contributed by atoms with Gasteiger partial charge < -0.3 is 14.5 Å². The van der Waals surface area contributed by atoms with E-state index in [9.17, 15) is 0 Å². The van der Waals surface area contributed by atoms with Crippen molar-refractivity contribution >= 4 is 26.8 Å². The van der Waals surface area contributed by atoms with E-state index in [1.54, 1.807) is 0 Å². The summed E-state index contributed by atoms with van der Waals surface area (Å²) in [6, 6.07) is 29.7. The SMILES string of the molecule is BrC1=CCC2(C[C@@H]1c1c[nH]c3ccccc13)O[C@H](Cc1ccccc1)[C@@H](Cc1ccccc1)O2. The standard InChI is InChI=1S/C30H28BrNO2/c31-26-15-16-30(19-24(26)25-20-32-27-14-8-7-13-23(25)27)33-28(17-21-9-3-1-4-10-21)29(34-30)18-22-11-5-2-6-12-22/h1-15,20,24,28-29,32H,16-19H2/t24-,28-,29-/m1/s1. The number of aromatic nitrogens is 1. The molecule has 3 aromatic carbocycles. The molecule has 4 heteroatoms. The van der Waals surface area contributed by atoms with Crippen molar-refractivity contribution in [2.24, 2.45) is 0 Å². The van der Waals surface area contributed by atoms with E-state index in [0.29, 0.717) is 0 Å². The second-order valence-electron chi connectivity index (χ2n) is 9.44. The molecule has 1 N–H and O–H groups in total. The molecule has 1 aliphatic carbocycles. The monoisotopic (exact) mass is 513 g/mol. The fourth-order valence-corrected chi connectivity index (χ4v) is 6.06. The van der Waals surface area contributed by atoms with Crippen LogP contribution in [-0.4, -0.2) is 23.0 Å². The predicted octanol–water partition coefficient (Wildman–Crippen LogP) is 7.29. The first-order valence-electron chi connectivity index (χ1n) is 12.0. The number of hydrogen-bond acceptors (Lipinski definition) is 2. The van der Waals surface area contributed by atoms with Crippen LogP contribution in [0.2, 0.25) is 0 Å². The maximum Gasteiger partial charge on any atom is 0.173 e. The Bertz CT molecular complexity index is 1250. The topological polar surface area (TPSA) is 34.2 Å². The summed E-state index contributed by atoms with van der Waals surface area (Å²) >= 11 is 3.87. The van der Waals surface area contributed by atoms with Crippen LogP contribution in [0.1, 0.15) is 35.4 Å². The minimum atomic E-state index is -0.612. The number of aromatic amines is 1. The number of nitrogens with one attached hydrogen (secondary N) is 1. The number of hydrogen-bond donors (Lipinski definition) is 1. The smallest absolute Gasteiger partial charge is 0.173 e. The van der Waals surface area contributed by atoms with Gasteiger partial charge in [-0.15, -0.1) is 0 Å². The molecule has 2 heterocycles. The molecule has 1 spiro atoms. The highest BCUT2D eigenvalue weighted by molar-refractivity contribution is 9.11. The molecule has 6 rings (SSSR count). The normalized spacial score (nSPS) is 23.9. The van der Waals surface area contributed by atoms with E-state index >= 15 is 0 Å². The van der Waals surface area contributed by atoms with E-state index in [1.165, 1.54) is 26.6 Å². The maximum absolute atomic E-state index is 6.87. The van der Waals surface area contributed by atoms with Gasteiger partial charge in [0, 0.05) is 48.7 Å². The van der Waals surface area contributed by atoms with Crippen LogP contribution in [0, 0.1) is 0 Å². The zero-order valence-electron chi connectivity index (χ0n) is 19.0. The fourth-order valence-electron chi connectivity index (χ4n) is 5.49. The summed E-state index contributed by atoms with van der Waals surface area (Å²) in [6.07, 6.45) is 7.66. The van der Waals surface area contributed by atoms with Gasteiger partial charge in [0.2, 0.25) is 0 Å². The molecular formula is C30H28BrNO2. The number of fused-ring (bicyclic) bond motifs is 1. The zero-order chi connectivity index (χ0) is 23.0. The minimum Gasteiger partial charge on any atom is -0.361 e. The number of ether oxygens (including phenoxy) is 2. The Morgan fingerprint density at radius 3 is 2.03 bits per heavy atom. The summed E-state index contributed by atoms with van der Waals surface area (Å²) in [5.74, 6) is -0.420. The van der Waals surface area contributed by atoms with Gasteiger partial charge in [-0.2, -0.15) is 0 Å². The van der Waals surface area contributed by atoms with E-state index < -0.39 is 5.79 Å². The van der Waals surface area contributed by atoms with Crippen LogP contribution in [0.3, 0.4) is 0 Å². The molecule has 34 heavy (non-hydrogen) atoms. The van der Waals surface area contributed by atoms with Crippen molar-refractivity contribution in [2.75, 3.05) is 0 Å². The molecule has 0 radical (unpaired) electrons. The molecule has 1 aliphatic heterocycles. The molecule has 3 atom stereocenters. The number of para-hydroxylation sites is 1. The van der Waals surface area contributed by atoms with Gasteiger partial charge in [-0.25, -0.2) is 0 Å². The second-order valence-corrected chi connectivity index (χ2v) is 10.4. The molecule has 1 fully saturated rings. The lowest BCUT2D eigenvalue weighted by Crippen LogP contribution is -2.35. The van der Waals surface area contributed by atoms with Crippen LogP contribution in [-0.2, 0) is 22.3 Å². The summed E-state index contributed by atoms with van der Waals surface area (Å²) in [5, 5.41) is 1.26. The molecule has 0 saturated carbocycles. The van der Waals surface area contributed by atoms with Crippen molar-refractivity contribution in [3.8, 4) is 0 Å². The lowest BCUT2D eigenvalue weighted by Gasteiger charge is -2.35. The first-order valence-corrected chi connectivity index (χ1v) is 12.8. The van der Waals surface area contributed by atoms with Crippen molar-refractivity contribution in [3.05, 3.63) is 118 Å². The third kappa shape index (κ3) is 4.26. The van der Waals surface area contributed by atoms with Crippen molar-refractivity contribution in [1.82, 2.24) is 4.98 Å². The Hall–Kier alpha value is -2.66. The van der Waals surface area contributed by atoms with Crippen molar-refractivity contribution in [1.29, 1.82) is 0 Å². The van der Waals surface area contributed by atoms with E-state index in [-0.39, 0.29) is 18.1 Å². The molecule has 1 aromatic heterocycles. The van der Waals surface area contributed by atoms with Crippen LogP contribution in [0.5, 0.6) is 0 Å². The Morgan fingerprint density at radius 1 is 0.794 bits per heavy atom. The molecule has 4 aromatic rings. The van der Waals surface area contributed by atoms with E-state index in [1.807, 2.05) is 0 Å². The Labute approximate surface area is 208 Å². The largest absolute Gasteiger partial charge is 0.361 e. The number of allylic oxidation sites excluding steroid dienone is 1. The molecule has 2 aliphatic rings. The van der Waals surface area contributed by atoms with E-state index in [4.69, 9.17) is 9.47 Å². The number of halogens is 1. The van der Waals surface area contributed by atoms with Crippen LogP contribution >= 0.6 is 15.9 Å². The van der Waals surface area contributed by atoms with E-state index in [0.717, 1.165) is 31.2 Å². The second kappa shape index (κ2) is 9.18. The van der Waals surface area contributed by atoms with Gasteiger partial charge in [0.15, 0.2) is 5.79 Å². The highest BCUT2D eigenvalue weighted by Gasteiger charge is 2.50. The summed E-state index contributed by atoms with van der Waals surface area (Å²) in [4.78, 5) is 3.44. The van der Waals surface area contributed by atoms with Gasteiger partial charge >= 0.3 is 0 Å². The first-order chi connectivity index (χ1) is 16.7. The number of rotatable bonds is 5. The van der Waals surface area contributed by atoms with Gasteiger partial charge in [0.05, 0.1) is 12.2 Å². The molecule has 0 unspecified atom stereocenters. The molecule has 172 valence electrons. The van der Waals surface area contributed by atoms with Crippen molar-refractivity contribution in [2.45, 2.75) is 49.6 Å². The van der Waals surface area contributed by atoms with Gasteiger partial charge in [-0.1, -0.05) is 101 Å². The number of benzene rings is 3. The van der Waals surface area contributed by atoms with Crippen molar-refractivity contribution in [3.63, 3.8) is 0 Å². The molecule has 0 bridgehead atoms. The summed E-state index contributed by atoms with van der Waals surface area (Å²) in [7, 11) is 0. The predicted molar refractivity (Wildman–Crippen MR) is 140 cm³/mol. The summed E-state index contributed by atoms with van der Waals surface area (Å²) in [5.41, 5.74) is 5.02. The van der Waals surface area contributed by atoms with Gasteiger partial charge in [-0.3, -0.25) is 0 Å². The molecule has 3 nitrogen and oxygen atoms in total. The fraction of sp³-hybridized carbons (Fsp3) is 0.267. The highest BCUT2D eigenvalue weighted by Crippen LogP contribution is 2.49. The molecule has 0 amide bonds. The van der Waals surface area contributed by atoms with E-state index in [2.05, 4.69) is 118 Å². The Morgan fingerprint density at radius 2 is 1.38 bits per heavy atom.